The van der Waals surface area contributed by atoms with E-state index in [1.807, 2.05) is 12.1 Å². The summed E-state index contributed by atoms with van der Waals surface area (Å²) >= 11 is 0. The van der Waals surface area contributed by atoms with Gasteiger partial charge in [0, 0.05) is 50.5 Å². The molecular weight excluding hydrogens is 366 g/mol. The van der Waals surface area contributed by atoms with E-state index in [-0.39, 0.29) is 5.96 Å². The molecule has 0 aliphatic carbocycles. The third kappa shape index (κ3) is 4.93. The number of piperazine rings is 1. The van der Waals surface area contributed by atoms with Crippen molar-refractivity contribution in [3.8, 4) is 0 Å². The molecule has 6 N–H and O–H groups in total. The Morgan fingerprint density at radius 1 is 1.17 bits per heavy atom. The number of piperidine rings is 1. The Labute approximate surface area is 172 Å². The fourth-order valence-corrected chi connectivity index (χ4v) is 4.25. The molecule has 2 saturated heterocycles. The second kappa shape index (κ2) is 8.76. The first-order valence-corrected chi connectivity index (χ1v) is 10.5. The Morgan fingerprint density at radius 2 is 1.93 bits per heavy atom. The molecular formula is C20H33N9. The highest BCUT2D eigenvalue weighted by Crippen LogP contribution is 2.19. The van der Waals surface area contributed by atoms with Crippen LogP contribution in [0.5, 0.6) is 0 Å². The molecule has 9 nitrogen and oxygen atoms in total. The summed E-state index contributed by atoms with van der Waals surface area (Å²) in [6.07, 6.45) is 8.54. The molecule has 0 radical (unpaired) electrons. The number of nitrogens with two attached hydrogens (primary N) is 2. The van der Waals surface area contributed by atoms with E-state index in [1.54, 1.807) is 6.20 Å². The molecule has 1 aromatic heterocycles. The fraction of sp³-hybridized carbons (Fsp3) is 0.600. The maximum atomic E-state index is 6.18. The molecule has 3 aliphatic rings. The van der Waals surface area contributed by atoms with E-state index >= 15 is 0 Å². The van der Waals surface area contributed by atoms with Gasteiger partial charge < -0.3 is 10.6 Å². The van der Waals surface area contributed by atoms with Crippen LogP contribution in [0.3, 0.4) is 0 Å². The van der Waals surface area contributed by atoms with Gasteiger partial charge in [-0.3, -0.25) is 25.9 Å². The Kier molecular flexibility index (Phi) is 6.12. The number of aliphatic imine (C=N–C) groups is 1. The van der Waals surface area contributed by atoms with Crippen LogP contribution >= 0.6 is 0 Å². The van der Waals surface area contributed by atoms with Crippen LogP contribution in [0.1, 0.15) is 24.1 Å². The molecule has 4 rings (SSSR count). The number of guanidine groups is 1. The van der Waals surface area contributed by atoms with E-state index in [2.05, 4.69) is 54.7 Å². The standard InChI is InChI=1S/C20H33N9/c1-27-11-13-29(14-12-27)18-6-9-28(10-7-18)8-2-3-17-5-4-16(15-23-17)20(22)24-19(21)25-26-20/h2-5,15,18,26H,6-14,22H2,1H3,(H3,21,24,25). The van der Waals surface area contributed by atoms with Gasteiger partial charge in [-0.25, -0.2) is 4.99 Å². The predicted octanol–water partition coefficient (Wildman–Crippen LogP) is -0.702. The average molecular weight is 400 g/mol. The zero-order valence-corrected chi connectivity index (χ0v) is 17.2. The summed E-state index contributed by atoms with van der Waals surface area (Å²) in [5, 5.41) is 0. The lowest BCUT2D eigenvalue weighted by Crippen LogP contribution is -2.52. The van der Waals surface area contributed by atoms with E-state index in [1.165, 1.54) is 52.1 Å². The number of hydrazine groups is 1. The highest BCUT2D eigenvalue weighted by atomic mass is 15.6. The molecule has 3 aliphatic heterocycles. The van der Waals surface area contributed by atoms with Crippen molar-refractivity contribution in [2.45, 2.75) is 24.7 Å². The van der Waals surface area contributed by atoms with E-state index in [9.17, 15) is 0 Å². The van der Waals surface area contributed by atoms with Gasteiger partial charge in [0.25, 0.3) is 0 Å². The van der Waals surface area contributed by atoms with Crippen LogP contribution in [0.25, 0.3) is 6.08 Å². The van der Waals surface area contributed by atoms with Crippen molar-refractivity contribution >= 4 is 12.0 Å². The van der Waals surface area contributed by atoms with E-state index in [0.29, 0.717) is 0 Å². The topological polar surface area (TPSA) is 111 Å². The number of hydrogen-bond donors (Lipinski definition) is 4. The number of rotatable bonds is 5. The van der Waals surface area contributed by atoms with Crippen LogP contribution in [0.15, 0.2) is 29.4 Å². The largest absolute Gasteiger partial charge is 0.369 e. The molecule has 1 unspecified atom stereocenters. The molecule has 0 aromatic carbocycles. The lowest BCUT2D eigenvalue weighted by molar-refractivity contribution is 0.0709. The molecule has 1 atom stereocenters. The van der Waals surface area contributed by atoms with Gasteiger partial charge in [-0.1, -0.05) is 12.1 Å². The Hall–Kier alpha value is -2.04. The van der Waals surface area contributed by atoms with Crippen molar-refractivity contribution < 1.29 is 0 Å². The van der Waals surface area contributed by atoms with Crippen molar-refractivity contribution in [2.24, 2.45) is 16.5 Å². The first kappa shape index (κ1) is 20.2. The van der Waals surface area contributed by atoms with Crippen molar-refractivity contribution in [1.82, 2.24) is 30.5 Å². The van der Waals surface area contributed by atoms with Gasteiger partial charge in [-0.05, 0) is 45.1 Å². The molecule has 158 valence electrons. The van der Waals surface area contributed by atoms with Crippen molar-refractivity contribution in [1.29, 1.82) is 0 Å². The fourth-order valence-electron chi connectivity index (χ4n) is 4.25. The van der Waals surface area contributed by atoms with Gasteiger partial charge in [-0.2, -0.15) is 5.43 Å². The van der Waals surface area contributed by atoms with Crippen LogP contribution in [-0.2, 0) is 5.79 Å². The Balaban J connectivity index is 1.23. The summed E-state index contributed by atoms with van der Waals surface area (Å²) in [5.74, 6) is -0.791. The normalized spacial score (nSPS) is 28.0. The summed E-state index contributed by atoms with van der Waals surface area (Å²) in [7, 11) is 2.22. The zero-order chi connectivity index (χ0) is 20.3. The van der Waals surface area contributed by atoms with E-state index < -0.39 is 5.79 Å². The van der Waals surface area contributed by atoms with Gasteiger partial charge in [-0.15, -0.1) is 0 Å². The number of likely N-dealkylation sites (N-methyl/N-ethyl adjacent to an activating group) is 1. The summed E-state index contributed by atoms with van der Waals surface area (Å²) in [4.78, 5) is 16.3. The van der Waals surface area contributed by atoms with Gasteiger partial charge in [0.2, 0.25) is 11.7 Å². The second-order valence-electron chi connectivity index (χ2n) is 8.26. The Morgan fingerprint density at radius 3 is 2.55 bits per heavy atom. The highest BCUT2D eigenvalue weighted by Gasteiger charge is 2.31. The van der Waals surface area contributed by atoms with Crippen LogP contribution in [0, 0.1) is 0 Å². The monoisotopic (exact) mass is 399 g/mol. The van der Waals surface area contributed by atoms with Gasteiger partial charge in [0.1, 0.15) is 0 Å². The van der Waals surface area contributed by atoms with Crippen molar-refractivity contribution in [3.63, 3.8) is 0 Å². The number of nitrogens with zero attached hydrogens (tertiary/aromatic N) is 5. The lowest BCUT2D eigenvalue weighted by Gasteiger charge is -2.41. The van der Waals surface area contributed by atoms with Crippen molar-refractivity contribution in [3.05, 3.63) is 35.7 Å². The quantitative estimate of drug-likeness (QED) is 0.514. The van der Waals surface area contributed by atoms with Gasteiger partial charge >= 0.3 is 0 Å². The predicted molar refractivity (Wildman–Crippen MR) is 116 cm³/mol. The molecule has 2 fully saturated rings. The third-order valence-corrected chi connectivity index (χ3v) is 6.17. The summed E-state index contributed by atoms with van der Waals surface area (Å²) in [6, 6.07) is 4.63. The van der Waals surface area contributed by atoms with Crippen LogP contribution in [0.4, 0.5) is 0 Å². The maximum absolute atomic E-state index is 6.18. The maximum Gasteiger partial charge on any atom is 0.210 e. The van der Waals surface area contributed by atoms with Crippen LogP contribution in [-0.4, -0.2) is 84.5 Å². The smallest absolute Gasteiger partial charge is 0.210 e. The number of hydrogen-bond acceptors (Lipinski definition) is 9. The van der Waals surface area contributed by atoms with E-state index in [0.717, 1.165) is 23.8 Å². The van der Waals surface area contributed by atoms with Crippen LogP contribution < -0.4 is 22.3 Å². The highest BCUT2D eigenvalue weighted by molar-refractivity contribution is 5.79. The van der Waals surface area contributed by atoms with E-state index in [4.69, 9.17) is 11.5 Å². The first-order chi connectivity index (χ1) is 14.0. The number of aromatic nitrogens is 1. The van der Waals surface area contributed by atoms with Crippen molar-refractivity contribution in [2.75, 3.05) is 52.9 Å². The second-order valence-corrected chi connectivity index (χ2v) is 8.26. The average Bonchev–Trinajstić information content (AvgIpc) is 3.09. The molecule has 0 saturated carbocycles. The van der Waals surface area contributed by atoms with Gasteiger partial charge in [0.15, 0.2) is 0 Å². The minimum Gasteiger partial charge on any atom is -0.369 e. The minimum absolute atomic E-state index is 0.271. The third-order valence-electron chi connectivity index (χ3n) is 6.17. The molecule has 0 bridgehead atoms. The molecule has 9 heteroatoms. The lowest BCUT2D eigenvalue weighted by atomic mass is 10.0. The molecule has 0 amide bonds. The number of pyridine rings is 1. The minimum atomic E-state index is -1.06. The number of nitrogens with one attached hydrogen (secondary N) is 2. The summed E-state index contributed by atoms with van der Waals surface area (Å²) in [6.45, 7) is 8.14. The summed E-state index contributed by atoms with van der Waals surface area (Å²) in [5.41, 5.74) is 19.1. The zero-order valence-electron chi connectivity index (χ0n) is 17.2. The Bertz CT molecular complexity index is 731. The first-order valence-electron chi connectivity index (χ1n) is 10.5. The molecule has 0 spiro atoms. The molecule has 4 heterocycles. The molecule has 29 heavy (non-hydrogen) atoms. The number of likely N-dealkylation sites (tertiary alicyclic amines) is 1. The summed E-state index contributed by atoms with van der Waals surface area (Å²) < 4.78 is 0. The SMILES string of the molecule is CN1CCN(C2CCN(CC=Cc3ccc(C4(N)N=C(N)NN4)cn3)CC2)CC1. The van der Waals surface area contributed by atoms with Gasteiger partial charge in [0.05, 0.1) is 5.69 Å². The molecule has 1 aromatic rings. The van der Waals surface area contributed by atoms with Crippen LogP contribution in [0.2, 0.25) is 0 Å².